The quantitative estimate of drug-likeness (QED) is 0.542. The molecule has 0 aromatic heterocycles. The van der Waals surface area contributed by atoms with Gasteiger partial charge >= 0.3 is 0 Å². The molecular weight excluding hydrogens is 344 g/mol. The predicted molar refractivity (Wildman–Crippen MR) is 0 cm³/mol. The molecule has 0 unspecified atom stereocenters. The summed E-state index contributed by atoms with van der Waals surface area (Å²) >= 11 is 0. The van der Waals surface area contributed by atoms with Crippen molar-refractivity contribution in [2.24, 2.45) is 0 Å². The summed E-state index contributed by atoms with van der Waals surface area (Å²) in [6.07, 6.45) is 0. The summed E-state index contributed by atoms with van der Waals surface area (Å²) in [5, 5.41) is 0. The molecule has 2 radical (unpaired) electrons. The van der Waals surface area contributed by atoms with Crippen LogP contribution in [0.25, 0.3) is 0 Å². The smallest absolute Gasteiger partial charge is 0 e. The van der Waals surface area contributed by atoms with E-state index in [9.17, 15) is 0 Å². The summed E-state index contributed by atoms with van der Waals surface area (Å²) in [6, 6.07) is 0. The Balaban J connectivity index is 0. The van der Waals surface area contributed by atoms with Crippen molar-refractivity contribution in [2.45, 2.75) is 0 Å². The molecule has 0 rings (SSSR count). The van der Waals surface area contributed by atoms with E-state index >= 15 is 0 Å². The van der Waals surface area contributed by atoms with Crippen molar-refractivity contribution < 1.29 is 101 Å². The Morgan fingerprint density at radius 2 is 0.500 bits per heavy atom. The number of rotatable bonds is 0. The standard InChI is InChI=1S/2Co.3Fe.Ni. The first kappa shape index (κ1) is 62.8. The maximum Gasteiger partial charge on any atom is 0 e. The normalized spacial score (nSPS) is 0. The monoisotopic (exact) mass is 344 g/mol. The summed E-state index contributed by atoms with van der Waals surface area (Å²) in [7, 11) is 0. The fraction of sp³-hybridized carbons (Fsp3) is 0. The van der Waals surface area contributed by atoms with Crippen LogP contribution in [0.4, 0.5) is 0 Å². The van der Waals surface area contributed by atoms with Crippen LogP contribution in [-0.2, 0) is 101 Å². The number of hydrogen-bond acceptors (Lipinski definition) is 0. The van der Waals surface area contributed by atoms with Crippen molar-refractivity contribution in [1.82, 2.24) is 0 Å². The van der Waals surface area contributed by atoms with Crippen LogP contribution in [0, 0.1) is 0 Å². The zero-order valence-electron chi connectivity index (χ0n) is 2.04. The summed E-state index contributed by atoms with van der Waals surface area (Å²) in [5.41, 5.74) is 0. The van der Waals surface area contributed by atoms with Gasteiger partial charge in [-0.2, -0.15) is 0 Å². The topological polar surface area (TPSA) is 0 Å². The van der Waals surface area contributed by atoms with Crippen LogP contribution >= 0.6 is 0 Å². The molecule has 0 aromatic rings. The van der Waals surface area contributed by atoms with E-state index in [1.54, 1.807) is 0 Å². The molecule has 0 aromatic carbocycles. The van der Waals surface area contributed by atoms with Crippen molar-refractivity contribution in [3.05, 3.63) is 0 Å². The van der Waals surface area contributed by atoms with E-state index in [4.69, 9.17) is 0 Å². The Kier molecular flexibility index (Phi) is 448. The molecule has 0 bridgehead atoms. The van der Waals surface area contributed by atoms with Crippen molar-refractivity contribution in [3.8, 4) is 0 Å². The van der Waals surface area contributed by atoms with Gasteiger partial charge in [0.1, 0.15) is 0 Å². The fourth-order valence-electron chi connectivity index (χ4n) is 0. The van der Waals surface area contributed by atoms with Gasteiger partial charge in [0.05, 0.1) is 0 Å². The molecule has 0 amide bonds. The third-order valence-electron chi connectivity index (χ3n) is 0. The van der Waals surface area contributed by atoms with Crippen molar-refractivity contribution >= 4 is 0 Å². The Morgan fingerprint density at radius 3 is 0.500 bits per heavy atom. The van der Waals surface area contributed by atoms with Crippen molar-refractivity contribution in [2.75, 3.05) is 0 Å². The van der Waals surface area contributed by atoms with E-state index in [2.05, 4.69) is 0 Å². The van der Waals surface area contributed by atoms with Crippen LogP contribution in [0.3, 0.4) is 0 Å². The first-order valence-corrected chi connectivity index (χ1v) is 0. The van der Waals surface area contributed by atoms with E-state index in [0.29, 0.717) is 0 Å². The molecule has 0 spiro atoms. The Bertz CT molecular complexity index is 8.75. The van der Waals surface area contributed by atoms with Crippen LogP contribution in [0.1, 0.15) is 0 Å². The van der Waals surface area contributed by atoms with Gasteiger partial charge < -0.3 is 0 Å². The summed E-state index contributed by atoms with van der Waals surface area (Å²) < 4.78 is 0. The van der Waals surface area contributed by atoms with Gasteiger partial charge in [0.25, 0.3) is 0 Å². The maximum atomic E-state index is 0. The largest absolute Gasteiger partial charge is 0 e. The van der Waals surface area contributed by atoms with Gasteiger partial charge in [-0.3, -0.25) is 0 Å². The van der Waals surface area contributed by atoms with Crippen LogP contribution in [0.5, 0.6) is 0 Å². The van der Waals surface area contributed by atoms with Crippen LogP contribution in [0.15, 0.2) is 0 Å². The molecule has 0 N–H and O–H groups in total. The minimum atomic E-state index is 0. The van der Waals surface area contributed by atoms with Crippen molar-refractivity contribution in [1.29, 1.82) is 0 Å². The Morgan fingerprint density at radius 1 is 0.500 bits per heavy atom. The number of hydrogen-bond donors (Lipinski definition) is 0. The molecule has 0 aliphatic rings. The molecule has 0 fully saturated rings. The molecule has 0 atom stereocenters. The van der Waals surface area contributed by atoms with Gasteiger partial charge in [0.2, 0.25) is 0 Å². The van der Waals surface area contributed by atoms with E-state index in [1.165, 1.54) is 0 Å². The third kappa shape index (κ3) is 27.7. The molecule has 0 aliphatic heterocycles. The average Bonchev–Trinajstić information content (AvgIpc) is 0. The molecule has 0 saturated heterocycles. The fourth-order valence-corrected chi connectivity index (χ4v) is 0. The molecule has 6 heavy (non-hydrogen) atoms. The zero-order valence-corrected chi connectivity index (χ0v) is 8.43. The second kappa shape index (κ2) is 42.9. The van der Waals surface area contributed by atoms with Crippen LogP contribution in [0.2, 0.25) is 0 Å². The van der Waals surface area contributed by atoms with E-state index in [1.807, 2.05) is 0 Å². The van der Waals surface area contributed by atoms with E-state index in [-0.39, 0.29) is 101 Å². The predicted octanol–water partition coefficient (Wildman–Crippen LogP) is -0.0150. The molecule has 0 nitrogen and oxygen atoms in total. The zero-order chi connectivity index (χ0) is 0. The SMILES string of the molecule is [Co].[Co].[Fe].[Fe].[Fe].[Ni]. The van der Waals surface area contributed by atoms with Gasteiger partial charge in [0.15, 0.2) is 0 Å². The Labute approximate surface area is 99.8 Å². The van der Waals surface area contributed by atoms with E-state index < -0.39 is 0 Å². The van der Waals surface area contributed by atoms with Crippen molar-refractivity contribution in [3.63, 3.8) is 0 Å². The van der Waals surface area contributed by atoms with Crippen LogP contribution in [-0.4, -0.2) is 0 Å². The molecule has 0 aliphatic carbocycles. The van der Waals surface area contributed by atoms with E-state index in [0.717, 1.165) is 0 Å². The molecule has 6 heteroatoms. The van der Waals surface area contributed by atoms with Gasteiger partial charge in [-0.1, -0.05) is 0 Å². The van der Waals surface area contributed by atoms with Crippen LogP contribution < -0.4 is 0 Å². The average molecular weight is 344 g/mol. The first-order valence-electron chi connectivity index (χ1n) is 0. The van der Waals surface area contributed by atoms with Gasteiger partial charge in [-0.25, -0.2) is 0 Å². The molecule has 52 valence electrons. The van der Waals surface area contributed by atoms with Gasteiger partial charge in [-0.05, 0) is 0 Å². The maximum absolute atomic E-state index is 0. The summed E-state index contributed by atoms with van der Waals surface area (Å²) in [4.78, 5) is 0. The summed E-state index contributed by atoms with van der Waals surface area (Å²) in [6.45, 7) is 0. The minimum Gasteiger partial charge on any atom is 0 e. The van der Waals surface area contributed by atoms with Gasteiger partial charge in [-0.15, -0.1) is 0 Å². The minimum absolute atomic E-state index is 0. The molecular formula is Co2Fe3Ni. The Hall–Kier alpha value is 3.06. The second-order valence-corrected chi connectivity index (χ2v) is 0. The third-order valence-corrected chi connectivity index (χ3v) is 0. The molecule has 0 heterocycles. The second-order valence-electron chi connectivity index (χ2n) is 0. The molecule has 0 saturated carbocycles. The first-order chi connectivity index (χ1) is 0. The van der Waals surface area contributed by atoms with Gasteiger partial charge in [0, 0.05) is 101 Å². The summed E-state index contributed by atoms with van der Waals surface area (Å²) in [5.74, 6) is 0.